The maximum atomic E-state index is 12.8. The van der Waals surface area contributed by atoms with Crippen molar-refractivity contribution in [3.05, 3.63) is 35.9 Å². The fourth-order valence-electron chi connectivity index (χ4n) is 3.71. The molecule has 2 fully saturated rings. The van der Waals surface area contributed by atoms with Gasteiger partial charge in [-0.2, -0.15) is 10.2 Å². The van der Waals surface area contributed by atoms with Crippen molar-refractivity contribution in [2.24, 2.45) is 13.0 Å². The Kier molecular flexibility index (Phi) is 3.47. The van der Waals surface area contributed by atoms with E-state index < -0.39 is 0 Å². The Morgan fingerprint density at radius 3 is 2.83 bits per heavy atom. The normalized spacial score (nSPS) is 27.2. The summed E-state index contributed by atoms with van der Waals surface area (Å²) >= 11 is 0. The first-order valence-electron chi connectivity index (χ1n) is 8.40. The Labute approximate surface area is 136 Å². The van der Waals surface area contributed by atoms with Crippen LogP contribution in [0.1, 0.15) is 42.3 Å². The van der Waals surface area contributed by atoms with Crippen LogP contribution in [0, 0.1) is 12.8 Å². The molecule has 0 bridgehead atoms. The molecule has 1 aliphatic heterocycles. The minimum atomic E-state index is 0.150. The lowest BCUT2D eigenvalue weighted by Crippen LogP contribution is -2.41. The van der Waals surface area contributed by atoms with E-state index in [2.05, 4.69) is 23.3 Å². The molecular formula is C17H23N5O. The van der Waals surface area contributed by atoms with Crippen molar-refractivity contribution in [3.63, 3.8) is 0 Å². The molecule has 6 nitrogen and oxygen atoms in total. The fraction of sp³-hybridized carbons (Fsp3) is 0.588. The van der Waals surface area contributed by atoms with Crippen LogP contribution in [-0.4, -0.2) is 43.5 Å². The molecule has 3 atom stereocenters. The van der Waals surface area contributed by atoms with E-state index >= 15 is 0 Å². The summed E-state index contributed by atoms with van der Waals surface area (Å²) in [5.74, 6) is 0.827. The predicted octanol–water partition coefficient (Wildman–Crippen LogP) is 1.89. The Balaban J connectivity index is 1.41. The van der Waals surface area contributed by atoms with Crippen LogP contribution in [0.5, 0.6) is 0 Å². The van der Waals surface area contributed by atoms with E-state index in [1.165, 1.54) is 11.1 Å². The summed E-state index contributed by atoms with van der Waals surface area (Å²) in [6.45, 7) is 3.72. The molecule has 1 saturated heterocycles. The van der Waals surface area contributed by atoms with Crippen molar-refractivity contribution in [2.45, 2.75) is 38.1 Å². The van der Waals surface area contributed by atoms with E-state index in [-0.39, 0.29) is 5.92 Å². The maximum absolute atomic E-state index is 12.8. The molecule has 0 aromatic carbocycles. The van der Waals surface area contributed by atoms with Gasteiger partial charge in [-0.15, -0.1) is 0 Å². The van der Waals surface area contributed by atoms with Crippen LogP contribution in [0.3, 0.4) is 0 Å². The van der Waals surface area contributed by atoms with E-state index in [1.54, 1.807) is 0 Å². The SMILES string of the molecule is Cc1cnn([C@@H]2CCCN(C(=O)[C@H]3C[C@H]3c3cnn(C)c3)C2)c1. The molecule has 0 spiro atoms. The molecule has 1 amide bonds. The Bertz CT molecular complexity index is 718. The predicted molar refractivity (Wildman–Crippen MR) is 85.9 cm³/mol. The van der Waals surface area contributed by atoms with Gasteiger partial charge in [0, 0.05) is 38.4 Å². The highest BCUT2D eigenvalue weighted by atomic mass is 16.2. The first kappa shape index (κ1) is 14.5. The van der Waals surface area contributed by atoms with E-state index in [9.17, 15) is 4.79 Å². The highest BCUT2D eigenvalue weighted by Gasteiger charge is 2.47. The number of likely N-dealkylation sites (tertiary alicyclic amines) is 1. The van der Waals surface area contributed by atoms with Gasteiger partial charge >= 0.3 is 0 Å². The van der Waals surface area contributed by atoms with Crippen molar-refractivity contribution < 1.29 is 4.79 Å². The Morgan fingerprint density at radius 1 is 1.26 bits per heavy atom. The second-order valence-corrected chi connectivity index (χ2v) is 6.97. The van der Waals surface area contributed by atoms with E-state index in [0.717, 1.165) is 32.4 Å². The molecule has 0 unspecified atom stereocenters. The van der Waals surface area contributed by atoms with Crippen molar-refractivity contribution in [1.82, 2.24) is 24.5 Å². The largest absolute Gasteiger partial charge is 0.340 e. The summed E-state index contributed by atoms with van der Waals surface area (Å²) in [7, 11) is 1.92. The van der Waals surface area contributed by atoms with E-state index in [4.69, 9.17) is 0 Å². The van der Waals surface area contributed by atoms with Crippen LogP contribution < -0.4 is 0 Å². The summed E-state index contributed by atoms with van der Waals surface area (Å²) in [5, 5.41) is 8.65. The van der Waals surface area contributed by atoms with Crippen LogP contribution in [-0.2, 0) is 11.8 Å². The Morgan fingerprint density at radius 2 is 2.13 bits per heavy atom. The van der Waals surface area contributed by atoms with E-state index in [1.807, 2.05) is 39.9 Å². The lowest BCUT2D eigenvalue weighted by atomic mass is 10.0. The smallest absolute Gasteiger partial charge is 0.226 e. The molecule has 0 radical (unpaired) electrons. The molecule has 1 saturated carbocycles. The molecule has 6 heteroatoms. The number of hydrogen-bond acceptors (Lipinski definition) is 3. The highest BCUT2D eigenvalue weighted by molar-refractivity contribution is 5.83. The third kappa shape index (κ3) is 2.78. The molecule has 1 aliphatic carbocycles. The number of nitrogens with zero attached hydrogens (tertiary/aromatic N) is 5. The van der Waals surface area contributed by atoms with Crippen molar-refractivity contribution in [1.29, 1.82) is 0 Å². The third-order valence-corrected chi connectivity index (χ3v) is 5.07. The van der Waals surface area contributed by atoms with Gasteiger partial charge in [-0.05, 0) is 43.2 Å². The van der Waals surface area contributed by atoms with Crippen LogP contribution >= 0.6 is 0 Å². The zero-order chi connectivity index (χ0) is 16.0. The van der Waals surface area contributed by atoms with Gasteiger partial charge in [0.15, 0.2) is 0 Å². The first-order valence-corrected chi connectivity index (χ1v) is 8.40. The zero-order valence-electron chi connectivity index (χ0n) is 13.7. The van der Waals surface area contributed by atoms with Crippen molar-refractivity contribution in [3.8, 4) is 0 Å². The average Bonchev–Trinajstić information content (AvgIpc) is 3.04. The van der Waals surface area contributed by atoms with Gasteiger partial charge in [-0.25, -0.2) is 0 Å². The number of carbonyl (C=O) groups is 1. The molecule has 23 heavy (non-hydrogen) atoms. The number of aryl methyl sites for hydroxylation is 2. The van der Waals surface area contributed by atoms with E-state index in [0.29, 0.717) is 17.9 Å². The minimum Gasteiger partial charge on any atom is -0.340 e. The molecular weight excluding hydrogens is 290 g/mol. The maximum Gasteiger partial charge on any atom is 0.226 e. The van der Waals surface area contributed by atoms with Crippen LogP contribution in [0.4, 0.5) is 0 Å². The molecule has 2 aromatic heterocycles. The number of piperidine rings is 1. The van der Waals surface area contributed by atoms with Crippen LogP contribution in [0.15, 0.2) is 24.8 Å². The van der Waals surface area contributed by atoms with Gasteiger partial charge in [-0.3, -0.25) is 14.2 Å². The van der Waals surface area contributed by atoms with Gasteiger partial charge in [0.25, 0.3) is 0 Å². The summed E-state index contributed by atoms with van der Waals surface area (Å²) in [5.41, 5.74) is 2.37. The van der Waals surface area contributed by atoms with Crippen LogP contribution in [0.25, 0.3) is 0 Å². The van der Waals surface area contributed by atoms with Crippen molar-refractivity contribution in [2.75, 3.05) is 13.1 Å². The fourth-order valence-corrected chi connectivity index (χ4v) is 3.71. The second kappa shape index (κ2) is 5.51. The number of carbonyl (C=O) groups excluding carboxylic acids is 1. The summed E-state index contributed by atoms with van der Waals surface area (Å²) in [4.78, 5) is 14.8. The average molecular weight is 313 g/mol. The van der Waals surface area contributed by atoms with Crippen LogP contribution in [0.2, 0.25) is 0 Å². The zero-order valence-corrected chi connectivity index (χ0v) is 13.7. The lowest BCUT2D eigenvalue weighted by molar-refractivity contribution is -0.134. The Hall–Kier alpha value is -2.11. The molecule has 2 aliphatic rings. The van der Waals surface area contributed by atoms with Gasteiger partial charge in [-0.1, -0.05) is 0 Å². The number of aromatic nitrogens is 4. The quantitative estimate of drug-likeness (QED) is 0.869. The number of hydrogen-bond donors (Lipinski definition) is 0. The summed E-state index contributed by atoms with van der Waals surface area (Å²) < 4.78 is 3.84. The van der Waals surface area contributed by atoms with Crippen molar-refractivity contribution >= 4 is 5.91 Å². The molecule has 4 rings (SSSR count). The number of rotatable bonds is 3. The first-order chi connectivity index (χ1) is 11.1. The molecule has 2 aromatic rings. The lowest BCUT2D eigenvalue weighted by Gasteiger charge is -2.33. The summed E-state index contributed by atoms with van der Waals surface area (Å²) in [6.07, 6.45) is 11.0. The van der Waals surface area contributed by atoms with Gasteiger partial charge < -0.3 is 4.90 Å². The molecule has 0 N–H and O–H groups in total. The minimum absolute atomic E-state index is 0.150. The van der Waals surface area contributed by atoms with Gasteiger partial charge in [0.2, 0.25) is 5.91 Å². The standard InChI is InChI=1S/C17H23N5O/c1-12-7-19-22(9-12)14-4-3-5-21(11-14)17(23)16-6-15(16)13-8-18-20(2)10-13/h7-10,14-16H,3-6,11H2,1-2H3/t14-,15+,16+/m1/s1. The summed E-state index contributed by atoms with van der Waals surface area (Å²) in [6, 6.07) is 0.317. The molecule has 122 valence electrons. The third-order valence-electron chi connectivity index (χ3n) is 5.07. The van der Waals surface area contributed by atoms with Gasteiger partial charge in [0.05, 0.1) is 18.4 Å². The highest BCUT2D eigenvalue weighted by Crippen LogP contribution is 2.48. The monoisotopic (exact) mass is 313 g/mol. The van der Waals surface area contributed by atoms with Gasteiger partial charge in [0.1, 0.15) is 0 Å². The second-order valence-electron chi connectivity index (χ2n) is 6.97. The number of amides is 1. The topological polar surface area (TPSA) is 56.0 Å². The molecule has 3 heterocycles.